The second kappa shape index (κ2) is 6.78. The lowest BCUT2D eigenvalue weighted by Gasteiger charge is -2.34. The Morgan fingerprint density at radius 3 is 2.26 bits per heavy atom. The van der Waals surface area contributed by atoms with E-state index < -0.39 is 22.6 Å². The first kappa shape index (κ1) is 18.2. The molecule has 0 bridgehead atoms. The van der Waals surface area contributed by atoms with Crippen molar-refractivity contribution in [1.82, 2.24) is 10.0 Å². The van der Waals surface area contributed by atoms with Gasteiger partial charge in [-0.15, -0.1) is 0 Å². The van der Waals surface area contributed by atoms with Crippen LogP contribution in [-0.4, -0.2) is 34.2 Å². The van der Waals surface area contributed by atoms with Crippen molar-refractivity contribution < 1.29 is 21.6 Å². The minimum atomic E-state index is -4.30. The molecule has 4 nitrogen and oxygen atoms in total. The van der Waals surface area contributed by atoms with Crippen molar-refractivity contribution in [3.8, 4) is 0 Å². The molecule has 23 heavy (non-hydrogen) atoms. The zero-order chi connectivity index (χ0) is 17.1. The van der Waals surface area contributed by atoms with Crippen LogP contribution in [0.5, 0.6) is 0 Å². The molecular weight excluding hydrogens is 329 g/mol. The van der Waals surface area contributed by atoms with Crippen LogP contribution in [0.1, 0.15) is 25.3 Å². The summed E-state index contributed by atoms with van der Waals surface area (Å²) in [6.45, 7) is 4.05. The molecule has 1 aliphatic heterocycles. The average Bonchev–Trinajstić information content (AvgIpc) is 2.45. The maximum atomic E-state index is 12.3. The van der Waals surface area contributed by atoms with E-state index in [1.807, 2.05) is 6.92 Å². The summed E-state index contributed by atoms with van der Waals surface area (Å²) in [5.41, 5.74) is -0.0593. The predicted molar refractivity (Wildman–Crippen MR) is 81.6 cm³/mol. The van der Waals surface area contributed by atoms with E-state index >= 15 is 0 Å². The van der Waals surface area contributed by atoms with Crippen LogP contribution in [-0.2, 0) is 16.4 Å². The van der Waals surface area contributed by atoms with E-state index in [9.17, 15) is 21.6 Å². The van der Waals surface area contributed by atoms with Crippen LogP contribution in [0.3, 0.4) is 0 Å². The lowest BCUT2D eigenvalue weighted by atomic mass is 9.81. The Balaban J connectivity index is 2.01. The highest BCUT2D eigenvalue weighted by molar-refractivity contribution is 7.89. The minimum Gasteiger partial charge on any atom is -0.317 e. The summed E-state index contributed by atoms with van der Waals surface area (Å²) in [5, 5.41) is 3.22. The Bertz CT molecular complexity index is 621. The van der Waals surface area contributed by atoms with Crippen LogP contribution in [0, 0.1) is 5.41 Å². The number of nitrogens with one attached hydrogen (secondary N) is 2. The molecule has 0 atom stereocenters. The number of rotatable bonds is 5. The molecule has 1 heterocycles. The van der Waals surface area contributed by atoms with Gasteiger partial charge in [0.15, 0.2) is 0 Å². The molecule has 1 fully saturated rings. The predicted octanol–water partition coefficient (Wildman–Crippen LogP) is 2.46. The van der Waals surface area contributed by atoms with Gasteiger partial charge in [0.05, 0.1) is 11.3 Å². The molecular formula is C15H21F3N2O2S. The van der Waals surface area contributed by atoms with E-state index in [-0.39, 0.29) is 15.9 Å². The van der Waals surface area contributed by atoms with Gasteiger partial charge in [0.2, 0.25) is 10.0 Å². The summed E-state index contributed by atoms with van der Waals surface area (Å²) in [6, 6.07) is 4.84. The number of halogens is 3. The van der Waals surface area contributed by atoms with Gasteiger partial charge in [0, 0.05) is 6.54 Å². The summed E-state index contributed by atoms with van der Waals surface area (Å²) in [4.78, 5) is -0.0130. The first-order chi connectivity index (χ1) is 10.6. The zero-order valence-electron chi connectivity index (χ0n) is 12.9. The van der Waals surface area contributed by atoms with E-state index in [1.165, 1.54) is 24.3 Å². The van der Waals surface area contributed by atoms with Crippen molar-refractivity contribution in [3.63, 3.8) is 0 Å². The molecule has 0 unspecified atom stereocenters. The Hall–Kier alpha value is -1.12. The molecule has 130 valence electrons. The van der Waals surface area contributed by atoms with Crippen molar-refractivity contribution in [2.45, 2.75) is 37.3 Å². The number of hydrogen-bond acceptors (Lipinski definition) is 3. The zero-order valence-corrected chi connectivity index (χ0v) is 13.7. The normalized spacial score (nSPS) is 18.8. The minimum absolute atomic E-state index is 0.0130. The van der Waals surface area contributed by atoms with E-state index in [4.69, 9.17) is 0 Å². The molecule has 0 saturated carbocycles. The third-order valence-corrected chi connectivity index (χ3v) is 5.55. The third-order valence-electron chi connectivity index (χ3n) is 4.14. The van der Waals surface area contributed by atoms with Gasteiger partial charge < -0.3 is 5.32 Å². The smallest absolute Gasteiger partial charge is 0.317 e. The molecule has 0 aliphatic carbocycles. The summed E-state index contributed by atoms with van der Waals surface area (Å²) < 4.78 is 64.0. The Morgan fingerprint density at radius 2 is 1.74 bits per heavy atom. The second-order valence-corrected chi connectivity index (χ2v) is 8.09. The number of sulfonamides is 1. The van der Waals surface area contributed by atoms with E-state index in [0.717, 1.165) is 25.9 Å². The number of hydrogen-bond donors (Lipinski definition) is 2. The monoisotopic (exact) mass is 350 g/mol. The fourth-order valence-electron chi connectivity index (χ4n) is 2.58. The quantitative estimate of drug-likeness (QED) is 0.858. The van der Waals surface area contributed by atoms with Crippen LogP contribution in [0.15, 0.2) is 29.2 Å². The van der Waals surface area contributed by atoms with Crippen molar-refractivity contribution in [2.24, 2.45) is 5.41 Å². The average molecular weight is 350 g/mol. The van der Waals surface area contributed by atoms with Gasteiger partial charge in [-0.2, -0.15) is 13.2 Å². The molecule has 2 rings (SSSR count). The Kier molecular flexibility index (Phi) is 5.37. The van der Waals surface area contributed by atoms with E-state index in [0.29, 0.717) is 6.54 Å². The van der Waals surface area contributed by atoms with Crippen molar-refractivity contribution >= 4 is 10.0 Å². The van der Waals surface area contributed by atoms with Gasteiger partial charge in [-0.1, -0.05) is 19.1 Å². The highest BCUT2D eigenvalue weighted by atomic mass is 32.2. The van der Waals surface area contributed by atoms with Crippen molar-refractivity contribution in [1.29, 1.82) is 0 Å². The highest BCUT2D eigenvalue weighted by Gasteiger charge is 2.29. The molecule has 8 heteroatoms. The second-order valence-electron chi connectivity index (χ2n) is 6.32. The topological polar surface area (TPSA) is 58.2 Å². The van der Waals surface area contributed by atoms with Gasteiger partial charge in [-0.3, -0.25) is 0 Å². The third kappa shape index (κ3) is 5.47. The number of alkyl halides is 3. The number of benzene rings is 1. The summed E-state index contributed by atoms with van der Waals surface area (Å²) in [5.74, 6) is 0. The molecule has 2 N–H and O–H groups in total. The molecule has 0 amide bonds. The maximum Gasteiger partial charge on any atom is 0.393 e. The SMILES string of the molecule is CC1(CNS(=O)(=O)c2ccc(CC(F)(F)F)cc2)CCNCC1. The molecule has 0 spiro atoms. The van der Waals surface area contributed by atoms with Crippen molar-refractivity contribution in [2.75, 3.05) is 19.6 Å². The van der Waals surface area contributed by atoms with Gasteiger partial charge in [0.25, 0.3) is 0 Å². The first-order valence-electron chi connectivity index (χ1n) is 7.46. The lowest BCUT2D eigenvalue weighted by Crippen LogP contribution is -2.42. The van der Waals surface area contributed by atoms with Gasteiger partial charge in [-0.25, -0.2) is 13.1 Å². The fourth-order valence-corrected chi connectivity index (χ4v) is 3.78. The molecule has 0 radical (unpaired) electrons. The Labute approximate surface area is 134 Å². The van der Waals surface area contributed by atoms with Crippen molar-refractivity contribution in [3.05, 3.63) is 29.8 Å². The summed E-state index contributed by atoms with van der Waals surface area (Å²) >= 11 is 0. The first-order valence-corrected chi connectivity index (χ1v) is 8.94. The van der Waals surface area contributed by atoms with Gasteiger partial charge >= 0.3 is 6.18 Å². The van der Waals surface area contributed by atoms with Crippen LogP contribution < -0.4 is 10.0 Å². The van der Waals surface area contributed by atoms with Crippen LogP contribution >= 0.6 is 0 Å². The maximum absolute atomic E-state index is 12.3. The largest absolute Gasteiger partial charge is 0.393 e. The molecule has 1 aliphatic rings. The number of piperidine rings is 1. The van der Waals surface area contributed by atoms with Crippen LogP contribution in [0.2, 0.25) is 0 Å². The van der Waals surface area contributed by atoms with Gasteiger partial charge in [0.1, 0.15) is 0 Å². The highest BCUT2D eigenvalue weighted by Crippen LogP contribution is 2.27. The van der Waals surface area contributed by atoms with E-state index in [2.05, 4.69) is 10.0 Å². The lowest BCUT2D eigenvalue weighted by molar-refractivity contribution is -0.127. The summed E-state index contributed by atoms with van der Waals surface area (Å²) in [6.07, 6.45) is -3.62. The molecule has 1 aromatic carbocycles. The fraction of sp³-hybridized carbons (Fsp3) is 0.600. The standard InChI is InChI=1S/C15H21F3N2O2S/c1-14(6-8-19-9-7-14)11-20-23(21,22)13-4-2-12(3-5-13)10-15(16,17)18/h2-5,19-20H,6-11H2,1H3. The van der Waals surface area contributed by atoms with Gasteiger partial charge in [-0.05, 0) is 49.0 Å². The molecule has 0 aromatic heterocycles. The van der Waals surface area contributed by atoms with E-state index in [1.54, 1.807) is 0 Å². The molecule has 1 saturated heterocycles. The van der Waals surface area contributed by atoms with Crippen LogP contribution in [0.4, 0.5) is 13.2 Å². The summed E-state index contributed by atoms with van der Waals surface area (Å²) in [7, 11) is -3.71. The molecule has 1 aromatic rings. The van der Waals surface area contributed by atoms with Crippen LogP contribution in [0.25, 0.3) is 0 Å². The Morgan fingerprint density at radius 1 is 1.17 bits per heavy atom.